The zero-order valence-corrected chi connectivity index (χ0v) is 13.3. The van der Waals surface area contributed by atoms with Crippen LogP contribution in [-0.2, 0) is 0 Å². The van der Waals surface area contributed by atoms with Crippen molar-refractivity contribution in [3.8, 4) is 0 Å². The Kier molecular flexibility index (Phi) is 5.16. The average Bonchev–Trinajstić information content (AvgIpc) is 2.82. The first-order valence-electron chi connectivity index (χ1n) is 7.26. The Balaban J connectivity index is 2.34. The maximum Gasteiger partial charge on any atom is 0.0640 e. The number of rotatable bonds is 5. The van der Waals surface area contributed by atoms with Gasteiger partial charge in [0.05, 0.1) is 10.0 Å². The molecule has 0 amide bonds. The second-order valence-electron chi connectivity index (χ2n) is 5.89. The molecule has 2 rings (SSSR count). The van der Waals surface area contributed by atoms with E-state index < -0.39 is 0 Å². The van der Waals surface area contributed by atoms with E-state index in [-0.39, 0.29) is 0 Å². The summed E-state index contributed by atoms with van der Waals surface area (Å²) in [6.45, 7) is 5.59. The molecular weight excluding hydrogens is 277 g/mol. The van der Waals surface area contributed by atoms with Gasteiger partial charge in [-0.3, -0.25) is 0 Å². The summed E-state index contributed by atoms with van der Waals surface area (Å²) < 4.78 is 0. The SMILES string of the molecule is CCCNC(c1cccc(Cl)c1Cl)C1(C)CCCC1. The molecule has 0 aliphatic heterocycles. The Morgan fingerprint density at radius 2 is 1.95 bits per heavy atom. The van der Waals surface area contributed by atoms with Crippen LogP contribution in [0.1, 0.15) is 57.6 Å². The summed E-state index contributed by atoms with van der Waals surface area (Å²) in [6, 6.07) is 6.29. The van der Waals surface area contributed by atoms with Crippen molar-refractivity contribution < 1.29 is 0 Å². The molecular formula is C16H23Cl2N. The van der Waals surface area contributed by atoms with Crippen molar-refractivity contribution in [1.82, 2.24) is 5.32 Å². The van der Waals surface area contributed by atoms with Gasteiger partial charge in [-0.05, 0) is 42.9 Å². The molecule has 106 valence electrons. The van der Waals surface area contributed by atoms with E-state index in [1.807, 2.05) is 12.1 Å². The van der Waals surface area contributed by atoms with Crippen molar-refractivity contribution in [2.75, 3.05) is 6.54 Å². The van der Waals surface area contributed by atoms with Gasteiger partial charge < -0.3 is 5.32 Å². The second-order valence-corrected chi connectivity index (χ2v) is 6.68. The van der Waals surface area contributed by atoms with E-state index in [0.717, 1.165) is 18.5 Å². The van der Waals surface area contributed by atoms with Gasteiger partial charge in [-0.2, -0.15) is 0 Å². The van der Waals surface area contributed by atoms with Crippen LogP contribution in [0.25, 0.3) is 0 Å². The monoisotopic (exact) mass is 299 g/mol. The van der Waals surface area contributed by atoms with Gasteiger partial charge in [0, 0.05) is 6.04 Å². The third-order valence-electron chi connectivity index (χ3n) is 4.33. The third kappa shape index (κ3) is 3.26. The van der Waals surface area contributed by atoms with Gasteiger partial charge in [0.25, 0.3) is 0 Å². The molecule has 1 aliphatic carbocycles. The van der Waals surface area contributed by atoms with Crippen LogP contribution < -0.4 is 5.32 Å². The summed E-state index contributed by atoms with van der Waals surface area (Å²) in [5.74, 6) is 0. The minimum absolute atomic E-state index is 0.295. The minimum Gasteiger partial charge on any atom is -0.309 e. The van der Waals surface area contributed by atoms with Crippen molar-refractivity contribution in [1.29, 1.82) is 0 Å². The highest BCUT2D eigenvalue weighted by atomic mass is 35.5. The van der Waals surface area contributed by atoms with Crippen molar-refractivity contribution >= 4 is 23.2 Å². The van der Waals surface area contributed by atoms with E-state index >= 15 is 0 Å². The lowest BCUT2D eigenvalue weighted by molar-refractivity contribution is 0.224. The molecule has 1 nitrogen and oxygen atoms in total. The lowest BCUT2D eigenvalue weighted by Crippen LogP contribution is -2.35. The largest absolute Gasteiger partial charge is 0.309 e. The summed E-state index contributed by atoms with van der Waals surface area (Å²) in [4.78, 5) is 0. The Labute approximate surface area is 126 Å². The van der Waals surface area contributed by atoms with Gasteiger partial charge in [-0.15, -0.1) is 0 Å². The Morgan fingerprint density at radius 1 is 1.26 bits per heavy atom. The molecule has 1 aromatic carbocycles. The van der Waals surface area contributed by atoms with Crippen molar-refractivity contribution in [2.24, 2.45) is 5.41 Å². The fraction of sp³-hybridized carbons (Fsp3) is 0.625. The first-order valence-corrected chi connectivity index (χ1v) is 8.01. The summed E-state index contributed by atoms with van der Waals surface area (Å²) in [6.07, 6.45) is 6.29. The first kappa shape index (κ1) is 15.2. The molecule has 1 atom stereocenters. The Morgan fingerprint density at radius 3 is 2.58 bits per heavy atom. The van der Waals surface area contributed by atoms with Crippen molar-refractivity contribution in [2.45, 2.75) is 52.0 Å². The quantitative estimate of drug-likeness (QED) is 0.744. The van der Waals surface area contributed by atoms with Gasteiger partial charge in [0.15, 0.2) is 0 Å². The van der Waals surface area contributed by atoms with Gasteiger partial charge in [-0.1, -0.05) is 62.0 Å². The maximum atomic E-state index is 6.44. The van der Waals surface area contributed by atoms with E-state index in [0.29, 0.717) is 21.5 Å². The molecule has 0 saturated heterocycles. The predicted molar refractivity (Wildman–Crippen MR) is 84.1 cm³/mol. The highest BCUT2D eigenvalue weighted by Crippen LogP contribution is 2.49. The highest BCUT2D eigenvalue weighted by Gasteiger charge is 2.38. The van der Waals surface area contributed by atoms with Crippen molar-refractivity contribution in [3.05, 3.63) is 33.8 Å². The van der Waals surface area contributed by atoms with Gasteiger partial charge in [-0.25, -0.2) is 0 Å². The molecule has 0 spiro atoms. The molecule has 1 saturated carbocycles. The van der Waals surface area contributed by atoms with Gasteiger partial charge >= 0.3 is 0 Å². The zero-order valence-electron chi connectivity index (χ0n) is 11.8. The molecule has 0 heterocycles. The van der Waals surface area contributed by atoms with Crippen LogP contribution in [0, 0.1) is 5.41 Å². The van der Waals surface area contributed by atoms with E-state index in [4.69, 9.17) is 23.2 Å². The second kappa shape index (κ2) is 6.47. The normalized spacial score (nSPS) is 19.6. The Bertz CT molecular complexity index is 425. The summed E-state index contributed by atoms with van der Waals surface area (Å²) >= 11 is 12.6. The molecule has 1 aliphatic rings. The van der Waals surface area contributed by atoms with Crippen LogP contribution in [0.15, 0.2) is 18.2 Å². The fourth-order valence-corrected chi connectivity index (χ4v) is 3.65. The molecule has 0 aromatic heterocycles. The summed E-state index contributed by atoms with van der Waals surface area (Å²) in [5, 5.41) is 5.06. The number of benzene rings is 1. The van der Waals surface area contributed by atoms with Crippen molar-refractivity contribution in [3.63, 3.8) is 0 Å². The number of hydrogen-bond acceptors (Lipinski definition) is 1. The maximum absolute atomic E-state index is 6.44. The van der Waals surface area contributed by atoms with Crippen LogP contribution in [0.3, 0.4) is 0 Å². The van der Waals surface area contributed by atoms with Gasteiger partial charge in [0.1, 0.15) is 0 Å². The van der Waals surface area contributed by atoms with Gasteiger partial charge in [0.2, 0.25) is 0 Å². The summed E-state index contributed by atoms with van der Waals surface area (Å²) in [7, 11) is 0. The average molecular weight is 300 g/mol. The number of halogens is 2. The topological polar surface area (TPSA) is 12.0 Å². The van der Waals surface area contributed by atoms with E-state index in [2.05, 4.69) is 25.2 Å². The zero-order chi connectivity index (χ0) is 13.9. The van der Waals surface area contributed by atoms with Crippen LogP contribution in [0.4, 0.5) is 0 Å². The molecule has 1 N–H and O–H groups in total. The molecule has 1 unspecified atom stereocenters. The molecule has 1 aromatic rings. The standard InChI is InChI=1S/C16H23Cl2N/c1-3-11-19-15(16(2)9-4-5-10-16)12-7-6-8-13(17)14(12)18/h6-8,15,19H,3-5,9-11H2,1-2H3. The predicted octanol–water partition coefficient (Wildman–Crippen LogP) is 5.61. The fourth-order valence-electron chi connectivity index (χ4n) is 3.24. The molecule has 19 heavy (non-hydrogen) atoms. The lowest BCUT2D eigenvalue weighted by Gasteiger charge is -2.36. The molecule has 0 radical (unpaired) electrons. The minimum atomic E-state index is 0.295. The highest BCUT2D eigenvalue weighted by molar-refractivity contribution is 6.42. The van der Waals surface area contributed by atoms with E-state index in [1.165, 1.54) is 25.7 Å². The first-order chi connectivity index (χ1) is 9.08. The van der Waals surface area contributed by atoms with E-state index in [9.17, 15) is 0 Å². The number of hydrogen-bond donors (Lipinski definition) is 1. The number of nitrogens with one attached hydrogen (secondary N) is 1. The molecule has 3 heteroatoms. The molecule has 0 bridgehead atoms. The third-order valence-corrected chi connectivity index (χ3v) is 5.17. The van der Waals surface area contributed by atoms with Crippen LogP contribution in [0.5, 0.6) is 0 Å². The molecule has 1 fully saturated rings. The summed E-state index contributed by atoms with van der Waals surface area (Å²) in [5.41, 5.74) is 1.45. The van der Waals surface area contributed by atoms with Crippen LogP contribution >= 0.6 is 23.2 Å². The van der Waals surface area contributed by atoms with Crippen LogP contribution in [0.2, 0.25) is 10.0 Å². The van der Waals surface area contributed by atoms with Crippen LogP contribution in [-0.4, -0.2) is 6.54 Å². The van der Waals surface area contributed by atoms with E-state index in [1.54, 1.807) is 0 Å². The smallest absolute Gasteiger partial charge is 0.0640 e. The lowest BCUT2D eigenvalue weighted by atomic mass is 9.77. The Hall–Kier alpha value is -0.240.